The summed E-state index contributed by atoms with van der Waals surface area (Å²) in [7, 11) is 0. The number of anilines is 1. The minimum Gasteiger partial charge on any atom is -0.505 e. The number of nitrogens with two attached hydrogens (primary N) is 2. The highest BCUT2D eigenvalue weighted by Gasteiger charge is 2.18. The van der Waals surface area contributed by atoms with Crippen LogP contribution >= 0.6 is 0 Å². The lowest BCUT2D eigenvalue weighted by molar-refractivity contribution is -0.136. The number of carboxylic acids is 1. The molecule has 0 aliphatic rings. The summed E-state index contributed by atoms with van der Waals surface area (Å²) in [6, 6.07) is 9.45. The molecule has 0 atom stereocenters. The topological polar surface area (TPSA) is 151 Å². The van der Waals surface area contributed by atoms with E-state index in [0.29, 0.717) is 16.8 Å². The molecule has 0 spiro atoms. The standard InChI is InChI=1S/C17H18N4O4/c18-15-10(5-7-14(22)23)4-6-13(17(15)25)16(24)11-2-1-3-12(8-11)20-9-21-19/h1-4,6,8-9,25H,5,7,18-19H2,(H,20,21)(H,22,23). The number of carboxylic acid groups (broad SMARTS) is 1. The normalized spacial score (nSPS) is 10.8. The van der Waals surface area contributed by atoms with Gasteiger partial charge in [0.2, 0.25) is 0 Å². The van der Waals surface area contributed by atoms with E-state index in [1.807, 2.05) is 0 Å². The Morgan fingerprint density at radius 2 is 2.00 bits per heavy atom. The molecule has 0 radical (unpaired) electrons. The molecule has 25 heavy (non-hydrogen) atoms. The molecule has 2 rings (SSSR count). The second-order valence-corrected chi connectivity index (χ2v) is 5.23. The van der Waals surface area contributed by atoms with Crippen molar-refractivity contribution in [3.05, 3.63) is 53.1 Å². The number of hydrogen-bond acceptors (Lipinski definition) is 6. The smallest absolute Gasteiger partial charge is 0.303 e. The first-order valence-corrected chi connectivity index (χ1v) is 7.39. The van der Waals surface area contributed by atoms with Crippen LogP contribution in [0.2, 0.25) is 0 Å². The van der Waals surface area contributed by atoms with Gasteiger partial charge in [0.25, 0.3) is 0 Å². The first-order chi connectivity index (χ1) is 11.9. The van der Waals surface area contributed by atoms with Crippen molar-refractivity contribution in [1.82, 2.24) is 5.43 Å². The van der Waals surface area contributed by atoms with Crippen LogP contribution in [0, 0.1) is 0 Å². The van der Waals surface area contributed by atoms with E-state index in [2.05, 4.69) is 10.4 Å². The van der Waals surface area contributed by atoms with Crippen molar-refractivity contribution in [2.24, 2.45) is 10.8 Å². The summed E-state index contributed by atoms with van der Waals surface area (Å²) < 4.78 is 0. The van der Waals surface area contributed by atoms with E-state index in [-0.39, 0.29) is 29.8 Å². The highest BCUT2D eigenvalue weighted by Crippen LogP contribution is 2.31. The number of carbonyl (C=O) groups excluding carboxylic acids is 1. The maximum Gasteiger partial charge on any atom is 0.303 e. The van der Waals surface area contributed by atoms with E-state index >= 15 is 0 Å². The van der Waals surface area contributed by atoms with Crippen molar-refractivity contribution in [1.29, 1.82) is 0 Å². The summed E-state index contributed by atoms with van der Waals surface area (Å²) in [6.07, 6.45) is 1.32. The van der Waals surface area contributed by atoms with Crippen molar-refractivity contribution < 1.29 is 19.8 Å². The van der Waals surface area contributed by atoms with Gasteiger partial charge in [0.15, 0.2) is 5.78 Å². The molecule has 0 heterocycles. The fraction of sp³-hybridized carbons (Fsp3) is 0.118. The highest BCUT2D eigenvalue weighted by molar-refractivity contribution is 6.12. The summed E-state index contributed by atoms with van der Waals surface area (Å²) in [5, 5.41) is 19.0. The van der Waals surface area contributed by atoms with Crippen molar-refractivity contribution in [2.45, 2.75) is 12.8 Å². The summed E-state index contributed by atoms with van der Waals surface area (Å²) in [4.78, 5) is 27.3. The molecular formula is C17H18N4O4. The van der Waals surface area contributed by atoms with Crippen molar-refractivity contribution in [2.75, 3.05) is 5.73 Å². The van der Waals surface area contributed by atoms with E-state index in [0.717, 1.165) is 0 Å². The Labute approximate surface area is 143 Å². The molecule has 0 aromatic heterocycles. The number of carbonyl (C=O) groups is 2. The molecule has 0 fully saturated rings. The molecule has 130 valence electrons. The number of aromatic hydroxyl groups is 1. The summed E-state index contributed by atoms with van der Waals surface area (Å²) in [6.45, 7) is 0. The molecule has 8 nitrogen and oxygen atoms in total. The predicted molar refractivity (Wildman–Crippen MR) is 93.8 cm³/mol. The molecule has 0 aliphatic carbocycles. The van der Waals surface area contributed by atoms with Crippen molar-refractivity contribution in [3.8, 4) is 5.75 Å². The van der Waals surface area contributed by atoms with Crippen molar-refractivity contribution in [3.63, 3.8) is 0 Å². The van der Waals surface area contributed by atoms with Crippen molar-refractivity contribution >= 4 is 29.5 Å². The number of aryl methyl sites for hydroxylation is 1. The molecule has 0 unspecified atom stereocenters. The molecular weight excluding hydrogens is 324 g/mol. The minimum atomic E-state index is -0.969. The Morgan fingerprint density at radius 1 is 1.24 bits per heavy atom. The molecule has 0 saturated carbocycles. The number of nitrogens with one attached hydrogen (secondary N) is 1. The lowest BCUT2D eigenvalue weighted by Gasteiger charge is -2.11. The third-order valence-electron chi connectivity index (χ3n) is 3.56. The molecule has 0 saturated heterocycles. The number of aliphatic imine (C=N–C) groups is 1. The number of benzene rings is 2. The summed E-state index contributed by atoms with van der Waals surface area (Å²) in [5.74, 6) is 3.36. The van der Waals surface area contributed by atoms with Gasteiger partial charge in [-0.3, -0.25) is 9.59 Å². The number of aliphatic carboxylic acids is 1. The quantitative estimate of drug-likeness (QED) is 0.0968. The van der Waals surface area contributed by atoms with Crippen LogP contribution in [0.25, 0.3) is 0 Å². The Hall–Kier alpha value is -3.39. The number of ketones is 1. The predicted octanol–water partition coefficient (Wildman–Crippen LogP) is 1.35. The first-order valence-electron chi connectivity index (χ1n) is 7.39. The van der Waals surface area contributed by atoms with Gasteiger partial charge >= 0.3 is 5.97 Å². The van der Waals surface area contributed by atoms with E-state index < -0.39 is 11.8 Å². The average Bonchev–Trinajstić information content (AvgIpc) is 2.60. The largest absolute Gasteiger partial charge is 0.505 e. The maximum atomic E-state index is 12.6. The number of phenolic OH excluding ortho intramolecular Hbond substituents is 1. The number of hydrazine groups is 1. The van der Waals surface area contributed by atoms with Gasteiger partial charge in [-0.05, 0) is 30.2 Å². The van der Waals surface area contributed by atoms with Gasteiger partial charge in [-0.15, -0.1) is 0 Å². The molecule has 0 bridgehead atoms. The van der Waals surface area contributed by atoms with E-state index in [1.54, 1.807) is 30.3 Å². The van der Waals surface area contributed by atoms with Crippen LogP contribution in [0.4, 0.5) is 11.4 Å². The molecule has 0 aliphatic heterocycles. The van der Waals surface area contributed by atoms with Gasteiger partial charge in [0.1, 0.15) is 12.1 Å². The Kier molecular flexibility index (Phi) is 5.70. The van der Waals surface area contributed by atoms with Gasteiger partial charge < -0.3 is 21.4 Å². The molecule has 8 heteroatoms. The van der Waals surface area contributed by atoms with Crippen LogP contribution in [0.1, 0.15) is 27.9 Å². The first kappa shape index (κ1) is 18.0. The molecule has 7 N–H and O–H groups in total. The maximum absolute atomic E-state index is 12.6. The molecule has 0 amide bonds. The number of phenols is 1. The number of hydrogen-bond donors (Lipinski definition) is 5. The highest BCUT2D eigenvalue weighted by atomic mass is 16.4. The van der Waals surface area contributed by atoms with Gasteiger partial charge in [-0.25, -0.2) is 10.8 Å². The van der Waals surface area contributed by atoms with Crippen LogP contribution in [-0.4, -0.2) is 28.3 Å². The van der Waals surface area contributed by atoms with Gasteiger partial charge in [-0.1, -0.05) is 18.2 Å². The Morgan fingerprint density at radius 3 is 2.68 bits per heavy atom. The SMILES string of the molecule is NNC=Nc1cccc(C(=O)c2ccc(CCC(=O)O)c(N)c2O)c1. The van der Waals surface area contributed by atoms with E-state index in [4.69, 9.17) is 16.7 Å². The van der Waals surface area contributed by atoms with Gasteiger partial charge in [0.05, 0.1) is 16.9 Å². The number of nitrogen functional groups attached to an aromatic ring is 1. The second kappa shape index (κ2) is 7.93. The summed E-state index contributed by atoms with van der Waals surface area (Å²) in [5.41, 5.74) is 9.45. The zero-order chi connectivity index (χ0) is 18.4. The third-order valence-corrected chi connectivity index (χ3v) is 3.56. The van der Waals surface area contributed by atoms with Crippen LogP contribution in [-0.2, 0) is 11.2 Å². The zero-order valence-corrected chi connectivity index (χ0v) is 13.3. The zero-order valence-electron chi connectivity index (χ0n) is 13.3. The lowest BCUT2D eigenvalue weighted by atomic mass is 9.97. The summed E-state index contributed by atoms with van der Waals surface area (Å²) >= 11 is 0. The third kappa shape index (κ3) is 4.33. The van der Waals surface area contributed by atoms with Crippen LogP contribution < -0.4 is 17.0 Å². The van der Waals surface area contributed by atoms with E-state index in [9.17, 15) is 14.7 Å². The fourth-order valence-electron chi connectivity index (χ4n) is 2.29. The molecule has 2 aromatic rings. The second-order valence-electron chi connectivity index (χ2n) is 5.23. The van der Waals surface area contributed by atoms with E-state index in [1.165, 1.54) is 12.4 Å². The Balaban J connectivity index is 2.32. The van der Waals surface area contributed by atoms with Gasteiger partial charge in [-0.2, -0.15) is 0 Å². The minimum absolute atomic E-state index is 0.00797. The van der Waals surface area contributed by atoms with Crippen LogP contribution in [0.3, 0.4) is 0 Å². The number of nitrogens with zero attached hydrogens (tertiary/aromatic N) is 1. The average molecular weight is 342 g/mol. The Bertz CT molecular complexity index is 833. The van der Waals surface area contributed by atoms with Crippen LogP contribution in [0.15, 0.2) is 41.4 Å². The molecule has 2 aromatic carbocycles. The monoisotopic (exact) mass is 342 g/mol. The lowest BCUT2D eigenvalue weighted by Crippen LogP contribution is -2.18. The van der Waals surface area contributed by atoms with Crippen LogP contribution in [0.5, 0.6) is 5.75 Å². The van der Waals surface area contributed by atoms with Gasteiger partial charge in [0, 0.05) is 12.0 Å². The number of rotatable bonds is 7. The fourth-order valence-corrected chi connectivity index (χ4v) is 2.29.